The second-order valence-electron chi connectivity index (χ2n) is 5.98. The smallest absolute Gasteiger partial charge is 0.153 e. The van der Waals surface area contributed by atoms with Crippen molar-refractivity contribution in [3.8, 4) is 11.6 Å². The number of benzene rings is 1. The fourth-order valence-corrected chi connectivity index (χ4v) is 3.36. The standard InChI is InChI=1S/C19H16Cl2N4O/c20-16-7-15-6-14(12-26-19(15)17(21)8-16)10-22-9-13-2-3-18(23-11-13)25-5-1-4-24-25/h1-8,11,22H,9-10,12H2. The van der Waals surface area contributed by atoms with E-state index in [-0.39, 0.29) is 0 Å². The summed E-state index contributed by atoms with van der Waals surface area (Å²) < 4.78 is 7.49. The zero-order valence-electron chi connectivity index (χ0n) is 13.8. The molecular weight excluding hydrogens is 371 g/mol. The molecule has 7 heteroatoms. The number of hydrogen-bond donors (Lipinski definition) is 1. The molecule has 4 rings (SSSR count). The summed E-state index contributed by atoms with van der Waals surface area (Å²) in [7, 11) is 0. The van der Waals surface area contributed by atoms with Crippen LogP contribution in [0.25, 0.3) is 11.9 Å². The van der Waals surface area contributed by atoms with Gasteiger partial charge in [-0.25, -0.2) is 9.67 Å². The van der Waals surface area contributed by atoms with E-state index in [0.29, 0.717) is 35.5 Å². The molecule has 3 heterocycles. The third kappa shape index (κ3) is 3.75. The van der Waals surface area contributed by atoms with Gasteiger partial charge in [-0.05, 0) is 41.5 Å². The van der Waals surface area contributed by atoms with Crippen LogP contribution in [-0.4, -0.2) is 27.9 Å². The number of pyridine rings is 1. The van der Waals surface area contributed by atoms with Gasteiger partial charge in [0, 0.05) is 42.3 Å². The van der Waals surface area contributed by atoms with E-state index < -0.39 is 0 Å². The maximum Gasteiger partial charge on any atom is 0.153 e. The first kappa shape index (κ1) is 17.1. The maximum absolute atomic E-state index is 6.16. The number of fused-ring (bicyclic) bond motifs is 1. The predicted molar refractivity (Wildman–Crippen MR) is 103 cm³/mol. The highest BCUT2D eigenvalue weighted by Crippen LogP contribution is 2.36. The molecule has 0 saturated carbocycles. The fraction of sp³-hybridized carbons (Fsp3) is 0.158. The molecule has 1 aliphatic heterocycles. The molecule has 2 aromatic heterocycles. The van der Waals surface area contributed by atoms with Gasteiger partial charge >= 0.3 is 0 Å². The monoisotopic (exact) mass is 386 g/mol. The maximum atomic E-state index is 6.16. The van der Waals surface area contributed by atoms with Crippen LogP contribution in [0, 0.1) is 0 Å². The summed E-state index contributed by atoms with van der Waals surface area (Å²) in [6, 6.07) is 9.42. The number of nitrogens with one attached hydrogen (secondary N) is 1. The molecule has 3 aromatic rings. The van der Waals surface area contributed by atoms with Crippen LogP contribution in [0.5, 0.6) is 5.75 Å². The van der Waals surface area contributed by atoms with Crippen LogP contribution < -0.4 is 10.1 Å². The van der Waals surface area contributed by atoms with Crippen molar-refractivity contribution >= 4 is 29.3 Å². The largest absolute Gasteiger partial charge is 0.487 e. The molecule has 0 spiro atoms. The molecule has 132 valence electrons. The Morgan fingerprint density at radius 1 is 1.19 bits per heavy atom. The Morgan fingerprint density at radius 3 is 2.88 bits per heavy atom. The first-order chi connectivity index (χ1) is 12.7. The van der Waals surface area contributed by atoms with E-state index in [9.17, 15) is 0 Å². The van der Waals surface area contributed by atoms with Crippen molar-refractivity contribution in [3.05, 3.63) is 75.7 Å². The molecule has 5 nitrogen and oxygen atoms in total. The van der Waals surface area contributed by atoms with E-state index in [2.05, 4.69) is 21.5 Å². The number of aromatic nitrogens is 3. The number of hydrogen-bond acceptors (Lipinski definition) is 4. The molecule has 0 unspecified atom stereocenters. The number of nitrogens with zero attached hydrogens (tertiary/aromatic N) is 3. The Labute approximate surface area is 161 Å². The van der Waals surface area contributed by atoms with Crippen LogP contribution in [0.15, 0.2) is 54.5 Å². The summed E-state index contributed by atoms with van der Waals surface area (Å²) in [5, 5.41) is 8.72. The molecular formula is C19H16Cl2N4O. The van der Waals surface area contributed by atoms with Gasteiger partial charge in [0.05, 0.1) is 5.02 Å². The van der Waals surface area contributed by atoms with Crippen LogP contribution in [-0.2, 0) is 6.54 Å². The molecule has 1 N–H and O–H groups in total. The lowest BCUT2D eigenvalue weighted by Gasteiger charge is -2.19. The summed E-state index contributed by atoms with van der Waals surface area (Å²) >= 11 is 12.2. The minimum atomic E-state index is 0.512. The van der Waals surface area contributed by atoms with Crippen LogP contribution in [0.3, 0.4) is 0 Å². The number of ether oxygens (including phenoxy) is 1. The Bertz CT molecular complexity index is 937. The molecule has 0 radical (unpaired) electrons. The average molecular weight is 387 g/mol. The summed E-state index contributed by atoms with van der Waals surface area (Å²) in [5.41, 5.74) is 3.15. The first-order valence-electron chi connectivity index (χ1n) is 8.16. The Morgan fingerprint density at radius 2 is 2.12 bits per heavy atom. The van der Waals surface area contributed by atoms with Crippen LogP contribution in [0.1, 0.15) is 11.1 Å². The SMILES string of the molecule is Clc1cc(Cl)c2c(c1)C=C(CNCc1ccc(-n3cccn3)nc1)CO2. The minimum Gasteiger partial charge on any atom is -0.487 e. The van der Waals surface area contributed by atoms with Crippen molar-refractivity contribution in [1.82, 2.24) is 20.1 Å². The van der Waals surface area contributed by atoms with Gasteiger partial charge < -0.3 is 10.1 Å². The lowest BCUT2D eigenvalue weighted by atomic mass is 10.1. The van der Waals surface area contributed by atoms with Crippen molar-refractivity contribution < 1.29 is 4.74 Å². The normalized spacial score (nSPS) is 13.1. The molecule has 0 amide bonds. The Hall–Kier alpha value is -2.34. The molecule has 0 atom stereocenters. The Balaban J connectivity index is 1.37. The van der Waals surface area contributed by atoms with Gasteiger partial charge in [-0.15, -0.1) is 0 Å². The molecule has 0 aliphatic carbocycles. The molecule has 0 bridgehead atoms. The van der Waals surface area contributed by atoms with Crippen molar-refractivity contribution in [3.63, 3.8) is 0 Å². The Kier molecular flexibility index (Phi) is 4.93. The highest BCUT2D eigenvalue weighted by Gasteiger charge is 2.15. The lowest BCUT2D eigenvalue weighted by molar-refractivity contribution is 0.343. The van der Waals surface area contributed by atoms with E-state index >= 15 is 0 Å². The van der Waals surface area contributed by atoms with Crippen molar-refractivity contribution in [2.24, 2.45) is 0 Å². The highest BCUT2D eigenvalue weighted by atomic mass is 35.5. The fourth-order valence-electron chi connectivity index (χ4n) is 2.80. The van der Waals surface area contributed by atoms with Gasteiger partial charge in [0.1, 0.15) is 12.4 Å². The van der Waals surface area contributed by atoms with Gasteiger partial charge in [0.15, 0.2) is 5.82 Å². The molecule has 26 heavy (non-hydrogen) atoms. The molecule has 0 fully saturated rings. The van der Waals surface area contributed by atoms with Gasteiger partial charge in [0.25, 0.3) is 0 Å². The predicted octanol–water partition coefficient (Wildman–Crippen LogP) is 4.14. The third-order valence-electron chi connectivity index (χ3n) is 4.03. The lowest BCUT2D eigenvalue weighted by Crippen LogP contribution is -2.21. The third-order valence-corrected chi connectivity index (χ3v) is 4.53. The number of halogens is 2. The summed E-state index contributed by atoms with van der Waals surface area (Å²) in [6.07, 6.45) is 7.52. The van der Waals surface area contributed by atoms with Gasteiger partial charge in [-0.1, -0.05) is 29.3 Å². The average Bonchev–Trinajstić information content (AvgIpc) is 3.16. The van der Waals surface area contributed by atoms with Gasteiger partial charge in [0.2, 0.25) is 0 Å². The van der Waals surface area contributed by atoms with Crippen molar-refractivity contribution in [2.45, 2.75) is 6.54 Å². The van der Waals surface area contributed by atoms with Crippen LogP contribution in [0.4, 0.5) is 0 Å². The quantitative estimate of drug-likeness (QED) is 0.715. The number of rotatable bonds is 5. The van der Waals surface area contributed by atoms with Gasteiger partial charge in [-0.2, -0.15) is 5.10 Å². The zero-order valence-corrected chi connectivity index (χ0v) is 15.3. The summed E-state index contributed by atoms with van der Waals surface area (Å²) in [5.74, 6) is 1.49. The second kappa shape index (κ2) is 7.50. The van der Waals surface area contributed by atoms with Crippen LogP contribution in [0.2, 0.25) is 10.0 Å². The second-order valence-corrected chi connectivity index (χ2v) is 6.82. The molecule has 1 aliphatic rings. The van der Waals surface area contributed by atoms with E-state index in [1.807, 2.05) is 36.7 Å². The van der Waals surface area contributed by atoms with Crippen molar-refractivity contribution in [1.29, 1.82) is 0 Å². The summed E-state index contributed by atoms with van der Waals surface area (Å²) in [6.45, 7) is 1.94. The van der Waals surface area contributed by atoms with E-state index in [1.165, 1.54) is 0 Å². The minimum absolute atomic E-state index is 0.512. The van der Waals surface area contributed by atoms with Crippen LogP contribution >= 0.6 is 23.2 Å². The molecule has 0 saturated heterocycles. The highest BCUT2D eigenvalue weighted by molar-refractivity contribution is 6.36. The van der Waals surface area contributed by atoms with Crippen molar-refractivity contribution in [2.75, 3.05) is 13.2 Å². The molecule has 1 aromatic carbocycles. The topological polar surface area (TPSA) is 52.0 Å². The van der Waals surface area contributed by atoms with E-state index in [0.717, 1.165) is 22.5 Å². The summed E-state index contributed by atoms with van der Waals surface area (Å²) in [4.78, 5) is 4.43. The first-order valence-corrected chi connectivity index (χ1v) is 8.91. The van der Waals surface area contributed by atoms with E-state index in [4.69, 9.17) is 27.9 Å². The van der Waals surface area contributed by atoms with Gasteiger partial charge in [-0.3, -0.25) is 0 Å². The zero-order chi connectivity index (χ0) is 17.9. The van der Waals surface area contributed by atoms with E-state index in [1.54, 1.807) is 16.9 Å².